The minimum absolute atomic E-state index is 0.0470. The van der Waals surface area contributed by atoms with Gasteiger partial charge in [0.1, 0.15) is 5.82 Å². The third-order valence-corrected chi connectivity index (χ3v) is 7.09. The Morgan fingerprint density at radius 1 is 1.24 bits per heavy atom. The van der Waals surface area contributed by atoms with Gasteiger partial charge in [0.15, 0.2) is 9.84 Å². The van der Waals surface area contributed by atoms with Crippen molar-refractivity contribution in [3.63, 3.8) is 0 Å². The van der Waals surface area contributed by atoms with Crippen LogP contribution < -0.4 is 5.32 Å². The molecule has 2 heterocycles. The number of sulfone groups is 1. The maximum Gasteiger partial charge on any atom is 0.255 e. The number of carbonyl (C=O) groups is 1. The first kappa shape index (κ1) is 18.2. The van der Waals surface area contributed by atoms with Gasteiger partial charge in [-0.15, -0.1) is 0 Å². The number of anilines is 1. The normalized spacial score (nSPS) is 26.2. The number of nitrogens with zero attached hydrogens (tertiary/aromatic N) is 2. The predicted molar refractivity (Wildman–Crippen MR) is 98.4 cm³/mol. The van der Waals surface area contributed by atoms with Gasteiger partial charge >= 0.3 is 0 Å². The van der Waals surface area contributed by atoms with Crippen LogP contribution in [0.3, 0.4) is 0 Å². The summed E-state index contributed by atoms with van der Waals surface area (Å²) in [5.41, 5.74) is 0.510. The molecule has 1 saturated carbocycles. The Morgan fingerprint density at radius 2 is 1.96 bits per heavy atom. The molecule has 7 heteroatoms. The molecule has 0 bridgehead atoms. The van der Waals surface area contributed by atoms with Crippen LogP contribution in [0, 0.1) is 11.8 Å². The lowest BCUT2D eigenvalue weighted by molar-refractivity contribution is 0.0770. The minimum atomic E-state index is -2.98. The van der Waals surface area contributed by atoms with E-state index in [0.29, 0.717) is 11.5 Å². The van der Waals surface area contributed by atoms with Crippen LogP contribution in [0.2, 0.25) is 0 Å². The molecule has 1 aliphatic carbocycles. The van der Waals surface area contributed by atoms with Crippen LogP contribution >= 0.6 is 0 Å². The zero-order valence-electron chi connectivity index (χ0n) is 14.8. The van der Waals surface area contributed by atoms with Crippen molar-refractivity contribution < 1.29 is 13.2 Å². The lowest BCUT2D eigenvalue weighted by atomic mass is 9.80. The van der Waals surface area contributed by atoms with E-state index in [4.69, 9.17) is 0 Å². The summed E-state index contributed by atoms with van der Waals surface area (Å²) in [4.78, 5) is 18.4. The fraction of sp³-hybridized carbons (Fsp3) is 0.667. The SMILES string of the molecule is CC1CCCCC1CNc1ccc(C(=O)N2CCS(=O)(=O)CC2)cn1. The molecule has 138 valence electrons. The molecule has 1 aromatic heterocycles. The fourth-order valence-electron chi connectivity index (χ4n) is 3.65. The molecule has 2 atom stereocenters. The minimum Gasteiger partial charge on any atom is -0.370 e. The van der Waals surface area contributed by atoms with Gasteiger partial charge < -0.3 is 10.2 Å². The topological polar surface area (TPSA) is 79.4 Å². The smallest absolute Gasteiger partial charge is 0.255 e. The van der Waals surface area contributed by atoms with E-state index in [1.165, 1.54) is 25.7 Å². The summed E-state index contributed by atoms with van der Waals surface area (Å²) in [5.74, 6) is 2.17. The second kappa shape index (κ2) is 7.72. The first-order valence-electron chi connectivity index (χ1n) is 9.14. The van der Waals surface area contributed by atoms with Crippen LogP contribution in [-0.4, -0.2) is 55.3 Å². The van der Waals surface area contributed by atoms with Crippen molar-refractivity contribution >= 4 is 21.6 Å². The largest absolute Gasteiger partial charge is 0.370 e. The summed E-state index contributed by atoms with van der Waals surface area (Å²) in [6, 6.07) is 3.60. The summed E-state index contributed by atoms with van der Waals surface area (Å²) >= 11 is 0. The fourth-order valence-corrected chi connectivity index (χ4v) is 4.86. The van der Waals surface area contributed by atoms with Crippen LogP contribution in [-0.2, 0) is 9.84 Å². The Labute approximate surface area is 149 Å². The molecule has 1 amide bonds. The molecule has 1 saturated heterocycles. The van der Waals surface area contributed by atoms with Crippen LogP contribution in [0.15, 0.2) is 18.3 Å². The van der Waals surface area contributed by atoms with Gasteiger partial charge in [0.2, 0.25) is 0 Å². The van der Waals surface area contributed by atoms with Crippen molar-refractivity contribution in [2.45, 2.75) is 32.6 Å². The molecule has 2 aliphatic rings. The second-order valence-corrected chi connectivity index (χ2v) is 9.58. The number of hydrogen-bond acceptors (Lipinski definition) is 5. The van der Waals surface area contributed by atoms with Gasteiger partial charge in [-0.2, -0.15) is 0 Å². The van der Waals surface area contributed by atoms with Gasteiger partial charge in [-0.3, -0.25) is 4.79 Å². The molecule has 2 unspecified atom stereocenters. The number of rotatable bonds is 4. The molecule has 1 aliphatic heterocycles. The Morgan fingerprint density at radius 3 is 2.60 bits per heavy atom. The molecule has 1 N–H and O–H groups in total. The Hall–Kier alpha value is -1.63. The molecular formula is C18H27N3O3S. The highest BCUT2D eigenvalue weighted by atomic mass is 32.2. The second-order valence-electron chi connectivity index (χ2n) is 7.28. The van der Waals surface area contributed by atoms with E-state index in [2.05, 4.69) is 17.2 Å². The lowest BCUT2D eigenvalue weighted by Gasteiger charge is -2.29. The maximum atomic E-state index is 12.4. The maximum absolute atomic E-state index is 12.4. The standard InChI is InChI=1S/C18H27N3O3S/c1-14-4-2-3-5-15(14)12-19-17-7-6-16(13-20-17)18(22)21-8-10-25(23,24)11-9-21/h6-7,13-15H,2-5,8-12H2,1H3,(H,19,20). The van der Waals surface area contributed by atoms with Gasteiger partial charge in [0, 0.05) is 25.8 Å². The lowest BCUT2D eigenvalue weighted by Crippen LogP contribution is -2.43. The first-order chi connectivity index (χ1) is 11.9. The predicted octanol–water partition coefficient (Wildman–Crippen LogP) is 2.19. The summed E-state index contributed by atoms with van der Waals surface area (Å²) in [6.07, 6.45) is 6.80. The molecule has 0 aromatic carbocycles. The van der Waals surface area contributed by atoms with E-state index in [1.54, 1.807) is 17.2 Å². The number of amides is 1. The Bertz CT molecular complexity index is 689. The molecule has 2 fully saturated rings. The van der Waals surface area contributed by atoms with E-state index in [-0.39, 0.29) is 30.5 Å². The quantitative estimate of drug-likeness (QED) is 0.885. The summed E-state index contributed by atoms with van der Waals surface area (Å²) in [6.45, 7) is 3.77. The molecule has 6 nitrogen and oxygen atoms in total. The molecule has 0 spiro atoms. The third-order valence-electron chi connectivity index (χ3n) is 5.48. The summed E-state index contributed by atoms with van der Waals surface area (Å²) in [7, 11) is -2.98. The van der Waals surface area contributed by atoms with Crippen molar-refractivity contribution in [3.8, 4) is 0 Å². The average molecular weight is 365 g/mol. The number of nitrogens with one attached hydrogen (secondary N) is 1. The highest BCUT2D eigenvalue weighted by Gasteiger charge is 2.26. The number of hydrogen-bond donors (Lipinski definition) is 1. The van der Waals surface area contributed by atoms with Crippen LogP contribution in [0.5, 0.6) is 0 Å². The molecule has 25 heavy (non-hydrogen) atoms. The summed E-state index contributed by atoms with van der Waals surface area (Å²) in [5, 5.41) is 3.39. The van der Waals surface area contributed by atoms with E-state index in [1.807, 2.05) is 6.07 Å². The van der Waals surface area contributed by atoms with Crippen molar-refractivity contribution in [1.82, 2.24) is 9.88 Å². The molecule has 0 radical (unpaired) electrons. The molecular weight excluding hydrogens is 338 g/mol. The van der Waals surface area contributed by atoms with Crippen LogP contribution in [0.4, 0.5) is 5.82 Å². The van der Waals surface area contributed by atoms with Crippen molar-refractivity contribution in [2.75, 3.05) is 36.5 Å². The van der Waals surface area contributed by atoms with Gasteiger partial charge in [0.25, 0.3) is 5.91 Å². The average Bonchev–Trinajstić information content (AvgIpc) is 2.61. The number of carbonyl (C=O) groups excluding carboxylic acids is 1. The highest BCUT2D eigenvalue weighted by Crippen LogP contribution is 2.29. The van der Waals surface area contributed by atoms with Crippen LogP contribution in [0.1, 0.15) is 43.0 Å². The summed E-state index contributed by atoms with van der Waals surface area (Å²) < 4.78 is 22.9. The molecule has 1 aromatic rings. The van der Waals surface area contributed by atoms with E-state index >= 15 is 0 Å². The van der Waals surface area contributed by atoms with E-state index in [9.17, 15) is 13.2 Å². The van der Waals surface area contributed by atoms with Crippen LogP contribution in [0.25, 0.3) is 0 Å². The van der Waals surface area contributed by atoms with E-state index in [0.717, 1.165) is 18.3 Å². The third kappa shape index (κ3) is 4.71. The van der Waals surface area contributed by atoms with Crippen molar-refractivity contribution in [2.24, 2.45) is 11.8 Å². The number of pyridine rings is 1. The van der Waals surface area contributed by atoms with Gasteiger partial charge in [-0.25, -0.2) is 13.4 Å². The zero-order chi connectivity index (χ0) is 17.9. The molecule has 3 rings (SSSR count). The monoisotopic (exact) mass is 365 g/mol. The zero-order valence-corrected chi connectivity index (χ0v) is 15.6. The van der Waals surface area contributed by atoms with Crippen molar-refractivity contribution in [1.29, 1.82) is 0 Å². The number of aromatic nitrogens is 1. The van der Waals surface area contributed by atoms with E-state index < -0.39 is 9.84 Å². The Kier molecular flexibility index (Phi) is 5.61. The van der Waals surface area contributed by atoms with Gasteiger partial charge in [0.05, 0.1) is 17.1 Å². The van der Waals surface area contributed by atoms with Crippen molar-refractivity contribution in [3.05, 3.63) is 23.9 Å². The van der Waals surface area contributed by atoms with Gasteiger partial charge in [-0.1, -0.05) is 26.2 Å². The van der Waals surface area contributed by atoms with Gasteiger partial charge in [-0.05, 0) is 30.4 Å². The first-order valence-corrected chi connectivity index (χ1v) is 11.0. The Balaban J connectivity index is 1.54. The highest BCUT2D eigenvalue weighted by molar-refractivity contribution is 7.91.